The Balaban J connectivity index is 1.56. The number of pyridine rings is 1. The first-order valence-corrected chi connectivity index (χ1v) is 8.72. The summed E-state index contributed by atoms with van der Waals surface area (Å²) in [5.41, 5.74) is 5.16. The predicted octanol–water partition coefficient (Wildman–Crippen LogP) is 4.39. The maximum Gasteiger partial charge on any atom is 0.224 e. The number of aryl methyl sites for hydroxylation is 3. The number of nitrogens with zero attached hydrogens (tertiary/aromatic N) is 2. The first kappa shape index (κ1) is 16.3. The molecule has 5 heteroatoms. The molecule has 24 heavy (non-hydrogen) atoms. The van der Waals surface area contributed by atoms with E-state index in [0.717, 1.165) is 22.0 Å². The molecule has 1 aromatic carbocycles. The van der Waals surface area contributed by atoms with Crippen LogP contribution in [0.15, 0.2) is 48.1 Å². The van der Waals surface area contributed by atoms with Crippen molar-refractivity contribution in [2.24, 2.45) is 0 Å². The molecule has 1 amide bonds. The third-order valence-corrected chi connectivity index (χ3v) is 4.77. The molecule has 1 N–H and O–H groups in total. The second kappa shape index (κ2) is 7.36. The van der Waals surface area contributed by atoms with Crippen LogP contribution in [0.5, 0.6) is 0 Å². The van der Waals surface area contributed by atoms with Gasteiger partial charge in [0, 0.05) is 41.9 Å². The van der Waals surface area contributed by atoms with Gasteiger partial charge in [-0.05, 0) is 49.2 Å². The van der Waals surface area contributed by atoms with Gasteiger partial charge in [0.1, 0.15) is 0 Å². The van der Waals surface area contributed by atoms with Crippen LogP contribution in [0.1, 0.15) is 22.6 Å². The Morgan fingerprint density at radius 2 is 2.08 bits per heavy atom. The number of carbonyl (C=O) groups excluding carboxylic acids is 1. The fourth-order valence-electron chi connectivity index (χ4n) is 2.34. The first-order chi connectivity index (χ1) is 11.6. The summed E-state index contributed by atoms with van der Waals surface area (Å²) < 4.78 is 0. The number of hydrogen-bond donors (Lipinski definition) is 1. The van der Waals surface area contributed by atoms with Crippen molar-refractivity contribution in [1.82, 2.24) is 9.97 Å². The fourth-order valence-corrected chi connectivity index (χ4v) is 3.14. The molecule has 3 aromatic rings. The van der Waals surface area contributed by atoms with Gasteiger partial charge in [-0.25, -0.2) is 4.98 Å². The van der Waals surface area contributed by atoms with Crippen molar-refractivity contribution in [3.8, 4) is 11.3 Å². The molecule has 2 aromatic heterocycles. The summed E-state index contributed by atoms with van der Waals surface area (Å²) in [6.45, 7) is 4.10. The van der Waals surface area contributed by atoms with Gasteiger partial charge in [0.2, 0.25) is 5.91 Å². The highest BCUT2D eigenvalue weighted by Gasteiger charge is 2.08. The Morgan fingerprint density at radius 1 is 1.21 bits per heavy atom. The van der Waals surface area contributed by atoms with Crippen molar-refractivity contribution in [3.05, 3.63) is 64.2 Å². The van der Waals surface area contributed by atoms with Crippen LogP contribution in [-0.2, 0) is 11.2 Å². The average molecular weight is 337 g/mol. The van der Waals surface area contributed by atoms with Gasteiger partial charge < -0.3 is 5.32 Å². The molecule has 0 saturated heterocycles. The second-order valence-corrected chi connectivity index (χ2v) is 6.66. The molecule has 0 unspecified atom stereocenters. The molecule has 2 heterocycles. The van der Waals surface area contributed by atoms with Crippen molar-refractivity contribution in [2.45, 2.75) is 26.7 Å². The zero-order chi connectivity index (χ0) is 16.9. The molecule has 122 valence electrons. The zero-order valence-electron chi connectivity index (χ0n) is 13.7. The minimum absolute atomic E-state index is 0.0105. The van der Waals surface area contributed by atoms with E-state index in [4.69, 9.17) is 0 Å². The lowest BCUT2D eigenvalue weighted by atomic mass is 10.1. The van der Waals surface area contributed by atoms with E-state index in [1.807, 2.05) is 42.6 Å². The molecule has 0 spiro atoms. The molecular formula is C19H19N3OS. The van der Waals surface area contributed by atoms with Crippen LogP contribution in [-0.4, -0.2) is 15.9 Å². The van der Waals surface area contributed by atoms with Crippen LogP contribution in [0.3, 0.4) is 0 Å². The number of anilines is 1. The fraction of sp³-hybridized carbons (Fsp3) is 0.211. The third kappa shape index (κ3) is 4.06. The molecular weight excluding hydrogens is 318 g/mol. The Kier molecular flexibility index (Phi) is 5.01. The monoisotopic (exact) mass is 337 g/mol. The summed E-state index contributed by atoms with van der Waals surface area (Å²) in [6.07, 6.45) is 4.60. The number of hydrogen-bond acceptors (Lipinski definition) is 4. The van der Waals surface area contributed by atoms with Gasteiger partial charge in [0.25, 0.3) is 0 Å². The van der Waals surface area contributed by atoms with Crippen LogP contribution in [0.2, 0.25) is 0 Å². The highest BCUT2D eigenvalue weighted by molar-refractivity contribution is 7.09. The highest BCUT2D eigenvalue weighted by Crippen LogP contribution is 2.22. The summed E-state index contributed by atoms with van der Waals surface area (Å²) in [5, 5.41) is 5.92. The number of thiazole rings is 1. The lowest BCUT2D eigenvalue weighted by Gasteiger charge is -2.07. The number of aromatic nitrogens is 2. The number of nitrogens with one attached hydrogen (secondary N) is 1. The van der Waals surface area contributed by atoms with Crippen molar-refractivity contribution in [3.63, 3.8) is 0 Å². The lowest BCUT2D eigenvalue weighted by Crippen LogP contribution is -2.12. The largest absolute Gasteiger partial charge is 0.326 e. The molecule has 0 atom stereocenters. The average Bonchev–Trinajstić information content (AvgIpc) is 3.06. The molecule has 0 fully saturated rings. The second-order valence-electron chi connectivity index (χ2n) is 5.72. The number of rotatable bonds is 5. The van der Waals surface area contributed by atoms with Crippen molar-refractivity contribution in [2.75, 3.05) is 5.32 Å². The van der Waals surface area contributed by atoms with Crippen molar-refractivity contribution < 1.29 is 4.79 Å². The molecule has 0 radical (unpaired) electrons. The van der Waals surface area contributed by atoms with E-state index < -0.39 is 0 Å². The van der Waals surface area contributed by atoms with E-state index in [-0.39, 0.29) is 5.91 Å². The van der Waals surface area contributed by atoms with Gasteiger partial charge >= 0.3 is 0 Å². The topological polar surface area (TPSA) is 54.9 Å². The van der Waals surface area contributed by atoms with Crippen LogP contribution in [0, 0.1) is 13.8 Å². The quantitative estimate of drug-likeness (QED) is 0.751. The summed E-state index contributed by atoms with van der Waals surface area (Å²) in [7, 11) is 0. The zero-order valence-corrected chi connectivity index (χ0v) is 14.6. The Labute approximate surface area is 145 Å². The van der Waals surface area contributed by atoms with Gasteiger partial charge in [0.15, 0.2) is 0 Å². The molecule has 0 saturated carbocycles. The molecule has 0 aliphatic rings. The van der Waals surface area contributed by atoms with E-state index in [0.29, 0.717) is 12.8 Å². The van der Waals surface area contributed by atoms with Gasteiger partial charge in [-0.3, -0.25) is 9.78 Å². The van der Waals surface area contributed by atoms with E-state index in [9.17, 15) is 4.79 Å². The van der Waals surface area contributed by atoms with Gasteiger partial charge in [-0.15, -0.1) is 11.3 Å². The van der Waals surface area contributed by atoms with E-state index >= 15 is 0 Å². The maximum atomic E-state index is 12.1. The molecule has 0 aliphatic heterocycles. The molecule has 0 bridgehead atoms. The Bertz CT molecular complexity index is 843. The molecule has 4 nitrogen and oxygen atoms in total. The highest BCUT2D eigenvalue weighted by atomic mass is 32.1. The standard InChI is InChI=1S/C19H19N3OS/c1-13-5-6-16(10-14(13)2)21-18(23)7-8-19-22-17(12-24-19)15-4-3-9-20-11-15/h3-6,9-12H,7-8H2,1-2H3,(H,21,23). The summed E-state index contributed by atoms with van der Waals surface area (Å²) >= 11 is 1.58. The predicted molar refractivity (Wildman–Crippen MR) is 98.2 cm³/mol. The summed E-state index contributed by atoms with van der Waals surface area (Å²) in [5.74, 6) is 0.0105. The number of carbonyl (C=O) groups is 1. The van der Waals surface area contributed by atoms with Crippen LogP contribution < -0.4 is 5.32 Å². The molecule has 3 rings (SSSR count). The maximum absolute atomic E-state index is 12.1. The van der Waals surface area contributed by atoms with E-state index in [2.05, 4.69) is 22.2 Å². The minimum Gasteiger partial charge on any atom is -0.326 e. The number of amides is 1. The van der Waals surface area contributed by atoms with Gasteiger partial charge in [-0.1, -0.05) is 6.07 Å². The SMILES string of the molecule is Cc1ccc(NC(=O)CCc2nc(-c3cccnc3)cs2)cc1C. The molecule has 0 aliphatic carbocycles. The van der Waals surface area contributed by atoms with Gasteiger partial charge in [-0.2, -0.15) is 0 Å². The Hall–Kier alpha value is -2.53. The smallest absolute Gasteiger partial charge is 0.224 e. The van der Waals surface area contributed by atoms with Crippen LogP contribution >= 0.6 is 11.3 Å². The summed E-state index contributed by atoms with van der Waals surface area (Å²) in [6, 6.07) is 9.83. The number of benzene rings is 1. The lowest BCUT2D eigenvalue weighted by molar-refractivity contribution is -0.116. The minimum atomic E-state index is 0.0105. The Morgan fingerprint density at radius 3 is 2.83 bits per heavy atom. The van der Waals surface area contributed by atoms with E-state index in [1.165, 1.54) is 11.1 Å². The van der Waals surface area contributed by atoms with Crippen molar-refractivity contribution in [1.29, 1.82) is 0 Å². The normalized spacial score (nSPS) is 10.6. The summed E-state index contributed by atoms with van der Waals surface area (Å²) in [4.78, 5) is 20.8. The van der Waals surface area contributed by atoms with Crippen LogP contribution in [0.4, 0.5) is 5.69 Å². The van der Waals surface area contributed by atoms with Crippen LogP contribution in [0.25, 0.3) is 11.3 Å². The van der Waals surface area contributed by atoms with Gasteiger partial charge in [0.05, 0.1) is 10.7 Å². The van der Waals surface area contributed by atoms with Crippen molar-refractivity contribution >= 4 is 22.9 Å². The third-order valence-electron chi connectivity index (χ3n) is 3.87. The first-order valence-electron chi connectivity index (χ1n) is 7.84. The van der Waals surface area contributed by atoms with E-state index in [1.54, 1.807) is 23.7 Å².